The van der Waals surface area contributed by atoms with Crippen LogP contribution in [-0.2, 0) is 19.1 Å². The van der Waals surface area contributed by atoms with Gasteiger partial charge in [-0.05, 0) is 51.4 Å². The Balaban J connectivity index is 1.59. The third-order valence-electron chi connectivity index (χ3n) is 8.53. The average Bonchev–Trinajstić information content (AvgIpc) is 3.53. The van der Waals surface area contributed by atoms with E-state index < -0.39 is 22.6 Å². The lowest BCUT2D eigenvalue weighted by atomic mass is 9.71. The monoisotopic (exact) mass is 518 g/mol. The van der Waals surface area contributed by atoms with Gasteiger partial charge in [-0.3, -0.25) is 14.4 Å². The number of unbranched alkanes of at least 4 members (excludes halogenated alkanes) is 2. The van der Waals surface area contributed by atoms with E-state index in [1.807, 2.05) is 11.0 Å². The normalized spacial score (nSPS) is 31.4. The minimum Gasteiger partial charge on any atom is -0.465 e. The molecule has 2 unspecified atom stereocenters. The highest BCUT2D eigenvalue weighted by Crippen LogP contribution is 2.66. The number of carbonyl (C=O) groups is 3. The number of aliphatic hydroxyl groups is 1. The van der Waals surface area contributed by atoms with Crippen molar-refractivity contribution in [2.24, 2.45) is 11.8 Å². The molecule has 0 aromatic rings. The number of ether oxygens (including phenoxy) is 1. The minimum absolute atomic E-state index is 0.0115. The fourth-order valence-corrected chi connectivity index (χ4v) is 9.15. The molecule has 0 aromatic heterocycles. The summed E-state index contributed by atoms with van der Waals surface area (Å²) in [7, 11) is 0. The zero-order valence-electron chi connectivity index (χ0n) is 21.4. The molecule has 2 bridgehead atoms. The molecule has 0 aromatic carbocycles. The van der Waals surface area contributed by atoms with Gasteiger partial charge < -0.3 is 19.6 Å². The SMILES string of the molecule is C=CCCCCOC(=O)[C@@H]1[C@@H]2CCC3(S2)C(C(=O)N(CC=C)C2CCCCC2)N(CCCO)C(=O)[C@H]13. The number of thioether (sulfide) groups is 1. The Morgan fingerprint density at radius 1 is 1.14 bits per heavy atom. The Hall–Kier alpha value is -1.80. The molecule has 1 spiro atoms. The largest absolute Gasteiger partial charge is 0.465 e. The summed E-state index contributed by atoms with van der Waals surface area (Å²) in [5.41, 5.74) is 0. The first-order valence-electron chi connectivity index (χ1n) is 13.8. The van der Waals surface area contributed by atoms with Crippen molar-refractivity contribution in [2.45, 2.75) is 92.7 Å². The van der Waals surface area contributed by atoms with E-state index in [4.69, 9.17) is 4.74 Å². The maximum Gasteiger partial charge on any atom is 0.310 e. The van der Waals surface area contributed by atoms with E-state index in [9.17, 15) is 19.5 Å². The van der Waals surface area contributed by atoms with Crippen LogP contribution in [-0.4, -0.2) is 81.1 Å². The van der Waals surface area contributed by atoms with Crippen LogP contribution < -0.4 is 0 Å². The number of amides is 2. The van der Waals surface area contributed by atoms with Crippen LogP contribution in [0.15, 0.2) is 25.3 Å². The summed E-state index contributed by atoms with van der Waals surface area (Å²) >= 11 is 1.68. The summed E-state index contributed by atoms with van der Waals surface area (Å²) in [4.78, 5) is 45.1. The van der Waals surface area contributed by atoms with Gasteiger partial charge in [0.1, 0.15) is 6.04 Å². The lowest BCUT2D eigenvalue weighted by Gasteiger charge is -2.41. The van der Waals surface area contributed by atoms with E-state index in [1.165, 1.54) is 6.42 Å². The van der Waals surface area contributed by atoms with Gasteiger partial charge in [0.15, 0.2) is 0 Å². The van der Waals surface area contributed by atoms with Crippen molar-refractivity contribution in [1.29, 1.82) is 0 Å². The van der Waals surface area contributed by atoms with Crippen molar-refractivity contribution in [3.05, 3.63) is 25.3 Å². The van der Waals surface area contributed by atoms with Crippen molar-refractivity contribution in [2.75, 3.05) is 26.3 Å². The number of rotatable bonds is 13. The smallest absolute Gasteiger partial charge is 0.310 e. The zero-order valence-corrected chi connectivity index (χ0v) is 22.3. The van der Waals surface area contributed by atoms with Crippen LogP contribution in [0, 0.1) is 11.8 Å². The molecule has 4 aliphatic rings. The van der Waals surface area contributed by atoms with E-state index in [0.717, 1.165) is 57.8 Å². The summed E-state index contributed by atoms with van der Waals surface area (Å²) in [6.45, 7) is 8.72. The fraction of sp³-hybridized carbons (Fsp3) is 0.750. The predicted molar refractivity (Wildman–Crippen MR) is 141 cm³/mol. The lowest BCUT2D eigenvalue weighted by molar-refractivity contribution is -0.154. The minimum atomic E-state index is -0.608. The maximum atomic E-state index is 14.3. The average molecular weight is 519 g/mol. The van der Waals surface area contributed by atoms with E-state index in [-0.39, 0.29) is 35.7 Å². The first-order chi connectivity index (χ1) is 17.5. The Morgan fingerprint density at radius 2 is 1.92 bits per heavy atom. The molecule has 7 nitrogen and oxygen atoms in total. The van der Waals surface area contributed by atoms with Crippen molar-refractivity contribution < 1.29 is 24.2 Å². The van der Waals surface area contributed by atoms with Crippen molar-refractivity contribution in [3.63, 3.8) is 0 Å². The fourth-order valence-electron chi connectivity index (χ4n) is 6.95. The zero-order chi connectivity index (χ0) is 25.7. The predicted octanol–water partition coefficient (Wildman–Crippen LogP) is 3.71. The summed E-state index contributed by atoms with van der Waals surface area (Å²) in [5, 5.41) is 9.55. The summed E-state index contributed by atoms with van der Waals surface area (Å²) < 4.78 is 5.06. The molecule has 4 fully saturated rings. The number of allylic oxidation sites excluding steroid dienone is 1. The van der Waals surface area contributed by atoms with Gasteiger partial charge in [0, 0.05) is 31.0 Å². The van der Waals surface area contributed by atoms with E-state index in [0.29, 0.717) is 26.1 Å². The molecule has 1 aliphatic carbocycles. The third kappa shape index (κ3) is 5.00. The van der Waals surface area contributed by atoms with Gasteiger partial charge in [-0.15, -0.1) is 24.9 Å². The number of hydrogen-bond donors (Lipinski definition) is 1. The topological polar surface area (TPSA) is 87.2 Å². The second-order valence-electron chi connectivity index (χ2n) is 10.7. The first-order valence-corrected chi connectivity index (χ1v) is 14.7. The lowest BCUT2D eigenvalue weighted by Crippen LogP contribution is -2.57. The van der Waals surface area contributed by atoms with Crippen LogP contribution in [0.25, 0.3) is 0 Å². The molecule has 0 radical (unpaired) electrons. The summed E-state index contributed by atoms with van der Waals surface area (Å²) in [6, 6.07) is -0.446. The number of hydrogen-bond acceptors (Lipinski definition) is 6. The van der Waals surface area contributed by atoms with Crippen LogP contribution in [0.1, 0.15) is 70.6 Å². The van der Waals surface area contributed by atoms with Crippen LogP contribution in [0.5, 0.6) is 0 Å². The number of nitrogens with zero attached hydrogens (tertiary/aromatic N) is 2. The Kier molecular flexibility index (Phi) is 9.20. The Morgan fingerprint density at radius 3 is 2.61 bits per heavy atom. The molecule has 1 N–H and O–H groups in total. The standard InChI is InChI=1S/C28H42N2O5S/c1-3-5-6-10-19-35-27(34)22-21-14-15-28(36-21)23(22)25(32)30(17-11-18-31)24(28)26(33)29(16-4-2)20-12-8-7-9-13-20/h3-4,20-24,31H,1-2,5-19H2/t21-,22+,23-,24?,28?/m0/s1. The number of aliphatic hydroxyl groups excluding tert-OH is 1. The molecule has 4 rings (SSSR count). The molecule has 3 heterocycles. The van der Waals surface area contributed by atoms with Crippen molar-refractivity contribution in [1.82, 2.24) is 9.80 Å². The first kappa shape index (κ1) is 27.2. The molecule has 3 saturated heterocycles. The molecule has 1 saturated carbocycles. The van der Waals surface area contributed by atoms with Crippen LogP contribution in [0.3, 0.4) is 0 Å². The molecule has 2 amide bonds. The van der Waals surface area contributed by atoms with Crippen molar-refractivity contribution >= 4 is 29.5 Å². The molecular formula is C28H42N2O5S. The van der Waals surface area contributed by atoms with Gasteiger partial charge in [0.25, 0.3) is 0 Å². The van der Waals surface area contributed by atoms with Crippen LogP contribution >= 0.6 is 11.8 Å². The van der Waals surface area contributed by atoms with E-state index >= 15 is 0 Å². The van der Waals surface area contributed by atoms with Gasteiger partial charge in [-0.25, -0.2) is 0 Å². The third-order valence-corrected chi connectivity index (χ3v) is 10.5. The van der Waals surface area contributed by atoms with Gasteiger partial charge in [0.2, 0.25) is 11.8 Å². The number of esters is 1. The van der Waals surface area contributed by atoms with Crippen LogP contribution in [0.4, 0.5) is 0 Å². The second-order valence-corrected chi connectivity index (χ2v) is 12.3. The second kappa shape index (κ2) is 12.2. The van der Waals surface area contributed by atoms with E-state index in [1.54, 1.807) is 22.7 Å². The van der Waals surface area contributed by atoms with Crippen molar-refractivity contribution in [3.8, 4) is 0 Å². The number of fused-ring (bicyclic) bond motifs is 1. The van der Waals surface area contributed by atoms with Gasteiger partial charge in [-0.2, -0.15) is 0 Å². The molecule has 5 atom stereocenters. The van der Waals surface area contributed by atoms with E-state index in [2.05, 4.69) is 13.2 Å². The van der Waals surface area contributed by atoms with Gasteiger partial charge >= 0.3 is 5.97 Å². The highest BCUT2D eigenvalue weighted by atomic mass is 32.2. The number of carbonyl (C=O) groups excluding carboxylic acids is 3. The van der Waals surface area contributed by atoms with Gasteiger partial charge in [-0.1, -0.05) is 31.4 Å². The van der Waals surface area contributed by atoms with Gasteiger partial charge in [0.05, 0.1) is 23.2 Å². The van der Waals surface area contributed by atoms with Crippen LogP contribution in [0.2, 0.25) is 0 Å². The molecular weight excluding hydrogens is 476 g/mol. The summed E-state index contributed by atoms with van der Waals surface area (Å²) in [6.07, 6.45) is 13.5. The highest BCUT2D eigenvalue weighted by Gasteiger charge is 2.74. The molecule has 8 heteroatoms. The Labute approximate surface area is 219 Å². The summed E-state index contributed by atoms with van der Waals surface area (Å²) in [5.74, 6) is -1.47. The molecule has 36 heavy (non-hydrogen) atoms. The quantitative estimate of drug-likeness (QED) is 0.227. The molecule has 3 aliphatic heterocycles. The maximum absolute atomic E-state index is 14.3. The molecule has 200 valence electrons. The number of likely N-dealkylation sites (tertiary alicyclic amines) is 1. The Bertz CT molecular complexity index is 844. The highest BCUT2D eigenvalue weighted by molar-refractivity contribution is 8.02.